The van der Waals surface area contributed by atoms with Crippen LogP contribution in [-0.2, 0) is 4.74 Å². The zero-order chi connectivity index (χ0) is 12.7. The Morgan fingerprint density at radius 2 is 2.12 bits per heavy atom. The van der Waals surface area contributed by atoms with Gasteiger partial charge in [0.05, 0.1) is 19.5 Å². The highest BCUT2D eigenvalue weighted by Gasteiger charge is 2.08. The molecule has 0 atom stereocenters. The van der Waals surface area contributed by atoms with Gasteiger partial charge in [-0.15, -0.1) is 0 Å². The van der Waals surface area contributed by atoms with E-state index in [4.69, 9.17) is 0 Å². The van der Waals surface area contributed by atoms with Crippen LogP contribution < -0.4 is 4.90 Å². The highest BCUT2D eigenvalue weighted by Crippen LogP contribution is 2.08. The van der Waals surface area contributed by atoms with E-state index in [1.165, 1.54) is 26.1 Å². The smallest absolute Gasteiger partial charge is 0.358 e. The van der Waals surface area contributed by atoms with E-state index in [1.807, 2.05) is 11.9 Å². The molecule has 0 saturated carbocycles. The van der Waals surface area contributed by atoms with Gasteiger partial charge in [0.25, 0.3) is 0 Å². The molecule has 1 aromatic heterocycles. The van der Waals surface area contributed by atoms with E-state index < -0.39 is 5.97 Å². The molecule has 0 bridgehead atoms. The van der Waals surface area contributed by atoms with Gasteiger partial charge in [0.1, 0.15) is 5.82 Å². The number of anilines is 1. The van der Waals surface area contributed by atoms with Crippen molar-refractivity contribution in [2.24, 2.45) is 0 Å². The molecule has 1 heterocycles. The van der Waals surface area contributed by atoms with Crippen LogP contribution >= 0.6 is 0 Å². The molecular weight excluding hydrogens is 218 g/mol. The molecule has 0 unspecified atom stereocenters. The van der Waals surface area contributed by atoms with E-state index in [1.54, 1.807) is 6.20 Å². The van der Waals surface area contributed by atoms with Gasteiger partial charge in [0, 0.05) is 13.6 Å². The van der Waals surface area contributed by atoms with Crippen molar-refractivity contribution in [2.75, 3.05) is 25.6 Å². The predicted molar refractivity (Wildman–Crippen MR) is 66.2 cm³/mol. The van der Waals surface area contributed by atoms with Gasteiger partial charge in [-0.3, -0.25) is 0 Å². The second kappa shape index (κ2) is 6.83. The molecule has 0 aromatic carbocycles. The molecule has 5 heteroatoms. The first-order chi connectivity index (χ1) is 8.19. The lowest BCUT2D eigenvalue weighted by atomic mass is 10.2. The molecule has 0 aliphatic heterocycles. The second-order valence-corrected chi connectivity index (χ2v) is 3.88. The number of carbonyl (C=O) groups is 1. The fourth-order valence-electron chi connectivity index (χ4n) is 1.44. The van der Waals surface area contributed by atoms with E-state index in [0.717, 1.165) is 18.8 Å². The Labute approximate surface area is 102 Å². The van der Waals surface area contributed by atoms with E-state index >= 15 is 0 Å². The van der Waals surface area contributed by atoms with E-state index in [0.29, 0.717) is 0 Å². The van der Waals surface area contributed by atoms with Crippen molar-refractivity contribution in [3.05, 3.63) is 18.1 Å². The topological polar surface area (TPSA) is 55.3 Å². The molecule has 0 N–H and O–H groups in total. The Morgan fingerprint density at radius 1 is 1.35 bits per heavy atom. The number of aromatic nitrogens is 2. The number of hydrogen-bond acceptors (Lipinski definition) is 5. The number of carbonyl (C=O) groups excluding carboxylic acids is 1. The van der Waals surface area contributed by atoms with Gasteiger partial charge in [-0.2, -0.15) is 0 Å². The van der Waals surface area contributed by atoms with Crippen LogP contribution in [0.2, 0.25) is 0 Å². The second-order valence-electron chi connectivity index (χ2n) is 3.88. The largest absolute Gasteiger partial charge is 0.464 e. The van der Waals surface area contributed by atoms with E-state index in [2.05, 4.69) is 21.6 Å². The molecule has 5 nitrogen and oxygen atoms in total. The number of rotatable bonds is 6. The molecule has 0 spiro atoms. The fourth-order valence-corrected chi connectivity index (χ4v) is 1.44. The maximum atomic E-state index is 11.2. The predicted octanol–water partition coefficient (Wildman–Crippen LogP) is 1.89. The van der Waals surface area contributed by atoms with Crippen LogP contribution in [0.1, 0.15) is 36.7 Å². The first kappa shape index (κ1) is 13.4. The minimum atomic E-state index is -0.460. The van der Waals surface area contributed by atoms with Crippen molar-refractivity contribution in [1.82, 2.24) is 9.97 Å². The van der Waals surface area contributed by atoms with Crippen LogP contribution in [0.3, 0.4) is 0 Å². The summed E-state index contributed by atoms with van der Waals surface area (Å²) in [6.45, 7) is 3.12. The normalized spacial score (nSPS) is 10.1. The van der Waals surface area contributed by atoms with Crippen molar-refractivity contribution < 1.29 is 9.53 Å². The van der Waals surface area contributed by atoms with Crippen LogP contribution in [0.4, 0.5) is 5.82 Å². The molecule has 0 aliphatic rings. The molecule has 0 aliphatic carbocycles. The molecule has 17 heavy (non-hydrogen) atoms. The van der Waals surface area contributed by atoms with Crippen LogP contribution in [0.5, 0.6) is 0 Å². The summed E-state index contributed by atoms with van der Waals surface area (Å²) in [6.07, 6.45) is 6.57. The molecule has 0 amide bonds. The Kier molecular flexibility index (Phi) is 5.39. The minimum absolute atomic E-state index is 0.234. The third-order valence-electron chi connectivity index (χ3n) is 2.52. The highest BCUT2D eigenvalue weighted by molar-refractivity contribution is 5.86. The molecule has 0 radical (unpaired) electrons. The van der Waals surface area contributed by atoms with E-state index in [9.17, 15) is 4.79 Å². The quantitative estimate of drug-likeness (QED) is 0.558. The van der Waals surface area contributed by atoms with Crippen LogP contribution in [0, 0.1) is 0 Å². The summed E-state index contributed by atoms with van der Waals surface area (Å²) < 4.78 is 4.56. The monoisotopic (exact) mass is 237 g/mol. The number of hydrogen-bond donors (Lipinski definition) is 0. The lowest BCUT2D eigenvalue weighted by Gasteiger charge is -2.17. The lowest BCUT2D eigenvalue weighted by Crippen LogP contribution is -2.20. The Morgan fingerprint density at radius 3 is 2.65 bits per heavy atom. The number of esters is 1. The fraction of sp³-hybridized carbons (Fsp3) is 0.583. The van der Waals surface area contributed by atoms with Gasteiger partial charge in [-0.1, -0.05) is 19.8 Å². The standard InChI is InChI=1S/C12H19N3O2/c1-4-5-6-7-15(2)11-9-13-10(8-14-11)12(16)17-3/h8-9H,4-7H2,1-3H3. The maximum Gasteiger partial charge on any atom is 0.358 e. The average Bonchev–Trinajstić information content (AvgIpc) is 2.38. The Hall–Kier alpha value is -1.65. The van der Waals surface area contributed by atoms with Gasteiger partial charge in [0.2, 0.25) is 0 Å². The van der Waals surface area contributed by atoms with Crippen molar-refractivity contribution in [2.45, 2.75) is 26.2 Å². The molecular formula is C12H19N3O2. The van der Waals surface area contributed by atoms with Gasteiger partial charge in [0.15, 0.2) is 5.69 Å². The average molecular weight is 237 g/mol. The van der Waals surface area contributed by atoms with Crippen LogP contribution in [0.25, 0.3) is 0 Å². The zero-order valence-corrected chi connectivity index (χ0v) is 10.6. The summed E-state index contributed by atoms with van der Waals surface area (Å²) in [4.78, 5) is 21.4. The van der Waals surface area contributed by atoms with Crippen molar-refractivity contribution >= 4 is 11.8 Å². The van der Waals surface area contributed by atoms with Crippen LogP contribution in [-0.4, -0.2) is 36.6 Å². The van der Waals surface area contributed by atoms with E-state index in [-0.39, 0.29) is 5.69 Å². The summed E-state index contributed by atoms with van der Waals surface area (Å²) in [7, 11) is 3.30. The molecule has 0 saturated heterocycles. The van der Waals surface area contributed by atoms with Gasteiger partial charge >= 0.3 is 5.97 Å². The SMILES string of the molecule is CCCCCN(C)c1cnc(C(=O)OC)cn1. The van der Waals surface area contributed by atoms with Gasteiger partial charge in [-0.25, -0.2) is 14.8 Å². The third-order valence-corrected chi connectivity index (χ3v) is 2.52. The summed E-state index contributed by atoms with van der Waals surface area (Å²) >= 11 is 0. The van der Waals surface area contributed by atoms with Crippen molar-refractivity contribution in [3.8, 4) is 0 Å². The minimum Gasteiger partial charge on any atom is -0.464 e. The lowest BCUT2D eigenvalue weighted by molar-refractivity contribution is 0.0593. The zero-order valence-electron chi connectivity index (χ0n) is 10.6. The first-order valence-corrected chi connectivity index (χ1v) is 5.80. The molecule has 0 fully saturated rings. The molecule has 1 aromatic rings. The molecule has 94 valence electrons. The van der Waals surface area contributed by atoms with Gasteiger partial charge in [-0.05, 0) is 6.42 Å². The third kappa shape index (κ3) is 4.01. The first-order valence-electron chi connectivity index (χ1n) is 5.80. The summed E-state index contributed by atoms with van der Waals surface area (Å²) in [6, 6.07) is 0. The number of methoxy groups -OCH3 is 1. The van der Waals surface area contributed by atoms with Crippen LogP contribution in [0.15, 0.2) is 12.4 Å². The number of ether oxygens (including phenoxy) is 1. The van der Waals surface area contributed by atoms with Crippen molar-refractivity contribution in [3.63, 3.8) is 0 Å². The van der Waals surface area contributed by atoms with Gasteiger partial charge < -0.3 is 9.64 Å². The highest BCUT2D eigenvalue weighted by atomic mass is 16.5. The summed E-state index contributed by atoms with van der Waals surface area (Å²) in [5.74, 6) is 0.312. The molecule has 1 rings (SSSR count). The summed E-state index contributed by atoms with van der Waals surface area (Å²) in [5, 5.41) is 0. The number of nitrogens with zero attached hydrogens (tertiary/aromatic N) is 3. The number of unbranched alkanes of at least 4 members (excludes halogenated alkanes) is 2. The summed E-state index contributed by atoms with van der Waals surface area (Å²) in [5.41, 5.74) is 0.234. The Bertz CT molecular complexity index is 351. The Balaban J connectivity index is 2.57. The maximum absolute atomic E-state index is 11.2. The van der Waals surface area contributed by atoms with Crippen molar-refractivity contribution in [1.29, 1.82) is 0 Å².